The van der Waals surface area contributed by atoms with Crippen LogP contribution in [-0.2, 0) is 12.8 Å². The van der Waals surface area contributed by atoms with Gasteiger partial charge in [-0.2, -0.15) is 0 Å². The standard InChI is InChI=1S/C10H19N3O/c1-8(2)4-5-9-12-13-10(14-9)6-7-11-3/h8,11H,4-7H2,1-3H3. The molecule has 0 bridgehead atoms. The normalized spacial score (nSPS) is 11.1. The molecule has 0 amide bonds. The first-order chi connectivity index (χ1) is 6.72. The summed E-state index contributed by atoms with van der Waals surface area (Å²) in [7, 11) is 1.91. The van der Waals surface area contributed by atoms with Gasteiger partial charge in [0.25, 0.3) is 0 Å². The highest BCUT2D eigenvalue weighted by molar-refractivity contribution is 4.83. The van der Waals surface area contributed by atoms with Crippen LogP contribution in [0.15, 0.2) is 4.42 Å². The zero-order chi connectivity index (χ0) is 10.4. The number of nitrogens with zero attached hydrogens (tertiary/aromatic N) is 2. The summed E-state index contributed by atoms with van der Waals surface area (Å²) in [5, 5.41) is 11.0. The van der Waals surface area contributed by atoms with Crippen molar-refractivity contribution in [1.29, 1.82) is 0 Å². The molecule has 0 atom stereocenters. The number of aromatic nitrogens is 2. The molecule has 0 saturated heterocycles. The maximum atomic E-state index is 5.47. The third-order valence-electron chi connectivity index (χ3n) is 2.03. The molecule has 14 heavy (non-hydrogen) atoms. The highest BCUT2D eigenvalue weighted by Gasteiger charge is 2.05. The second-order valence-corrected chi connectivity index (χ2v) is 3.88. The SMILES string of the molecule is CNCCc1nnc(CCC(C)C)o1. The van der Waals surface area contributed by atoms with Crippen molar-refractivity contribution >= 4 is 0 Å². The van der Waals surface area contributed by atoms with E-state index in [2.05, 4.69) is 29.4 Å². The minimum absolute atomic E-state index is 0.683. The second-order valence-electron chi connectivity index (χ2n) is 3.88. The van der Waals surface area contributed by atoms with Gasteiger partial charge in [-0.1, -0.05) is 13.8 Å². The summed E-state index contributed by atoms with van der Waals surface area (Å²) in [4.78, 5) is 0. The molecule has 0 saturated carbocycles. The van der Waals surface area contributed by atoms with E-state index in [1.807, 2.05) is 7.05 Å². The fraction of sp³-hybridized carbons (Fsp3) is 0.800. The first kappa shape index (κ1) is 11.2. The quantitative estimate of drug-likeness (QED) is 0.749. The van der Waals surface area contributed by atoms with Gasteiger partial charge in [0.15, 0.2) is 0 Å². The van der Waals surface area contributed by atoms with Gasteiger partial charge in [0.05, 0.1) is 0 Å². The molecule has 0 unspecified atom stereocenters. The predicted molar refractivity (Wildman–Crippen MR) is 55.1 cm³/mol. The van der Waals surface area contributed by atoms with E-state index >= 15 is 0 Å². The molecule has 0 radical (unpaired) electrons. The Morgan fingerprint density at radius 2 is 1.86 bits per heavy atom. The van der Waals surface area contributed by atoms with Gasteiger partial charge in [-0.15, -0.1) is 10.2 Å². The van der Waals surface area contributed by atoms with Crippen molar-refractivity contribution in [1.82, 2.24) is 15.5 Å². The maximum Gasteiger partial charge on any atom is 0.217 e. The smallest absolute Gasteiger partial charge is 0.217 e. The zero-order valence-electron chi connectivity index (χ0n) is 9.21. The Balaban J connectivity index is 2.35. The van der Waals surface area contributed by atoms with Crippen LogP contribution >= 0.6 is 0 Å². The van der Waals surface area contributed by atoms with Crippen LogP contribution in [0.3, 0.4) is 0 Å². The lowest BCUT2D eigenvalue weighted by atomic mass is 10.1. The number of hydrogen-bond acceptors (Lipinski definition) is 4. The average Bonchev–Trinajstić information content (AvgIpc) is 2.59. The fourth-order valence-electron chi connectivity index (χ4n) is 1.13. The minimum Gasteiger partial charge on any atom is -0.425 e. The molecule has 0 fully saturated rings. The van der Waals surface area contributed by atoms with Crippen LogP contribution in [0.4, 0.5) is 0 Å². The minimum atomic E-state index is 0.683. The molecular weight excluding hydrogens is 178 g/mol. The Labute approximate surface area is 85.1 Å². The molecule has 80 valence electrons. The molecule has 4 heteroatoms. The van der Waals surface area contributed by atoms with Gasteiger partial charge >= 0.3 is 0 Å². The van der Waals surface area contributed by atoms with Crippen LogP contribution in [0, 0.1) is 5.92 Å². The van der Waals surface area contributed by atoms with Crippen molar-refractivity contribution in [3.63, 3.8) is 0 Å². The van der Waals surface area contributed by atoms with Crippen molar-refractivity contribution in [2.45, 2.75) is 33.1 Å². The predicted octanol–water partition coefficient (Wildman–Crippen LogP) is 1.42. The van der Waals surface area contributed by atoms with Crippen LogP contribution in [-0.4, -0.2) is 23.8 Å². The molecule has 1 aromatic heterocycles. The molecule has 4 nitrogen and oxygen atoms in total. The van der Waals surface area contributed by atoms with E-state index in [1.54, 1.807) is 0 Å². The molecule has 0 aliphatic heterocycles. The lowest BCUT2D eigenvalue weighted by molar-refractivity contribution is 0.428. The van der Waals surface area contributed by atoms with E-state index in [0.717, 1.165) is 37.6 Å². The van der Waals surface area contributed by atoms with Crippen molar-refractivity contribution in [3.05, 3.63) is 11.8 Å². The summed E-state index contributed by atoms with van der Waals surface area (Å²) in [5.41, 5.74) is 0. The zero-order valence-corrected chi connectivity index (χ0v) is 9.21. The van der Waals surface area contributed by atoms with Gasteiger partial charge < -0.3 is 9.73 Å². The molecule has 0 spiro atoms. The topological polar surface area (TPSA) is 51.0 Å². The number of aryl methyl sites for hydroxylation is 1. The highest BCUT2D eigenvalue weighted by Crippen LogP contribution is 2.08. The summed E-state index contributed by atoms with van der Waals surface area (Å²) in [6.45, 7) is 5.27. The van der Waals surface area contributed by atoms with Crippen molar-refractivity contribution in [2.24, 2.45) is 5.92 Å². The van der Waals surface area contributed by atoms with Crippen LogP contribution in [0.25, 0.3) is 0 Å². The molecule has 1 heterocycles. The van der Waals surface area contributed by atoms with Crippen LogP contribution < -0.4 is 5.32 Å². The number of hydrogen-bond donors (Lipinski definition) is 1. The Morgan fingerprint density at radius 3 is 2.43 bits per heavy atom. The van der Waals surface area contributed by atoms with Gasteiger partial charge in [-0.25, -0.2) is 0 Å². The third-order valence-corrected chi connectivity index (χ3v) is 2.03. The number of likely N-dealkylation sites (N-methyl/N-ethyl adjacent to an activating group) is 1. The number of rotatable bonds is 6. The van der Waals surface area contributed by atoms with E-state index in [0.29, 0.717) is 5.92 Å². The van der Waals surface area contributed by atoms with E-state index in [1.165, 1.54) is 0 Å². The van der Waals surface area contributed by atoms with E-state index in [9.17, 15) is 0 Å². The van der Waals surface area contributed by atoms with Gasteiger partial charge in [-0.05, 0) is 19.4 Å². The average molecular weight is 197 g/mol. The number of nitrogens with one attached hydrogen (secondary N) is 1. The lowest BCUT2D eigenvalue weighted by Gasteiger charge is -1.99. The van der Waals surface area contributed by atoms with Crippen LogP contribution in [0.5, 0.6) is 0 Å². The Kier molecular flexibility index (Phi) is 4.59. The first-order valence-corrected chi connectivity index (χ1v) is 5.18. The molecule has 1 N–H and O–H groups in total. The van der Waals surface area contributed by atoms with Crippen molar-refractivity contribution < 1.29 is 4.42 Å². The summed E-state index contributed by atoms with van der Waals surface area (Å²) < 4.78 is 5.47. The summed E-state index contributed by atoms with van der Waals surface area (Å²) in [6, 6.07) is 0. The van der Waals surface area contributed by atoms with Gasteiger partial charge in [-0.3, -0.25) is 0 Å². The lowest BCUT2D eigenvalue weighted by Crippen LogP contribution is -2.10. The molecule has 0 aliphatic carbocycles. The molecular formula is C10H19N3O. The molecule has 0 aliphatic rings. The van der Waals surface area contributed by atoms with Gasteiger partial charge in [0.1, 0.15) is 0 Å². The Bertz CT molecular complexity index is 258. The highest BCUT2D eigenvalue weighted by atomic mass is 16.4. The summed E-state index contributed by atoms with van der Waals surface area (Å²) in [6.07, 6.45) is 2.81. The Morgan fingerprint density at radius 1 is 1.21 bits per heavy atom. The third kappa shape index (κ3) is 3.87. The van der Waals surface area contributed by atoms with Crippen molar-refractivity contribution in [2.75, 3.05) is 13.6 Å². The van der Waals surface area contributed by atoms with Crippen LogP contribution in [0.2, 0.25) is 0 Å². The van der Waals surface area contributed by atoms with Gasteiger partial charge in [0.2, 0.25) is 11.8 Å². The molecule has 0 aromatic carbocycles. The first-order valence-electron chi connectivity index (χ1n) is 5.18. The van der Waals surface area contributed by atoms with E-state index in [-0.39, 0.29) is 0 Å². The van der Waals surface area contributed by atoms with Crippen molar-refractivity contribution in [3.8, 4) is 0 Å². The largest absolute Gasteiger partial charge is 0.425 e. The summed E-state index contributed by atoms with van der Waals surface area (Å²) in [5.74, 6) is 2.19. The summed E-state index contributed by atoms with van der Waals surface area (Å²) >= 11 is 0. The molecule has 1 aromatic rings. The van der Waals surface area contributed by atoms with Gasteiger partial charge in [0, 0.05) is 19.4 Å². The van der Waals surface area contributed by atoms with Crippen LogP contribution in [0.1, 0.15) is 32.0 Å². The fourth-order valence-corrected chi connectivity index (χ4v) is 1.13. The monoisotopic (exact) mass is 197 g/mol. The maximum absolute atomic E-state index is 5.47. The second kappa shape index (κ2) is 5.75. The van der Waals surface area contributed by atoms with E-state index in [4.69, 9.17) is 4.42 Å². The molecule has 1 rings (SSSR count). The van der Waals surface area contributed by atoms with E-state index < -0.39 is 0 Å². The Hall–Kier alpha value is -0.900.